The highest BCUT2D eigenvalue weighted by Gasteiger charge is 2.47. The van der Waals surface area contributed by atoms with Gasteiger partial charge in [-0.1, -0.05) is 59.7 Å². The van der Waals surface area contributed by atoms with Gasteiger partial charge in [-0.25, -0.2) is 16.8 Å². The number of benzene rings is 2. The fraction of sp³-hybridized carbons (Fsp3) is 0.182. The molecule has 31 heavy (non-hydrogen) atoms. The summed E-state index contributed by atoms with van der Waals surface area (Å²) in [5, 5.41) is 0. The molecule has 1 aliphatic heterocycles. The highest BCUT2D eigenvalue weighted by Crippen LogP contribution is 2.41. The number of alkyl halides is 3. The number of halogens is 3. The molecule has 0 amide bonds. The highest BCUT2D eigenvalue weighted by atomic mass is 32.2. The maximum atomic E-state index is 13.4. The molecule has 1 aliphatic rings. The molecule has 2 aromatic carbocycles. The molecule has 0 atom stereocenters. The quantitative estimate of drug-likeness (QED) is 0.611. The Balaban J connectivity index is 2.35. The van der Waals surface area contributed by atoms with E-state index in [4.69, 9.17) is 0 Å². The summed E-state index contributed by atoms with van der Waals surface area (Å²) in [6, 6.07) is 12.8. The molecule has 0 fully saturated rings. The molecule has 0 bridgehead atoms. The molecule has 9 heteroatoms. The van der Waals surface area contributed by atoms with E-state index in [0.29, 0.717) is 0 Å². The van der Waals surface area contributed by atoms with Gasteiger partial charge in [-0.2, -0.15) is 13.2 Å². The van der Waals surface area contributed by atoms with Crippen LogP contribution >= 0.6 is 0 Å². The average molecular weight is 469 g/mol. The van der Waals surface area contributed by atoms with Gasteiger partial charge in [0.05, 0.1) is 14.7 Å². The fourth-order valence-corrected chi connectivity index (χ4v) is 5.51. The molecule has 0 aromatic heterocycles. The summed E-state index contributed by atoms with van der Waals surface area (Å²) in [5.41, 5.74) is -3.62. The second kappa shape index (κ2) is 7.80. The largest absolute Gasteiger partial charge is 0.501 e. The van der Waals surface area contributed by atoms with E-state index >= 15 is 0 Å². The molecule has 2 aromatic rings. The Morgan fingerprint density at radius 1 is 0.774 bits per heavy atom. The second-order valence-electron chi connectivity index (χ2n) is 7.21. The number of rotatable bonds is 3. The lowest BCUT2D eigenvalue weighted by Gasteiger charge is -2.20. The smallest absolute Gasteiger partial charge is 0.218 e. The van der Waals surface area contributed by atoms with Gasteiger partial charge in [-0.05, 0) is 49.6 Å². The van der Waals surface area contributed by atoms with Crippen LogP contribution in [0.5, 0.6) is 0 Å². The van der Waals surface area contributed by atoms with Crippen molar-refractivity contribution in [3.63, 3.8) is 0 Å². The van der Waals surface area contributed by atoms with Crippen LogP contribution in [0, 0.1) is 13.8 Å². The van der Waals surface area contributed by atoms with Crippen molar-refractivity contribution in [1.82, 2.24) is 0 Å². The minimum atomic E-state index is -5.64. The first-order chi connectivity index (χ1) is 14.2. The van der Waals surface area contributed by atoms with Crippen molar-refractivity contribution in [1.29, 1.82) is 0 Å². The first-order valence-corrected chi connectivity index (χ1v) is 12.1. The van der Waals surface area contributed by atoms with Gasteiger partial charge in [-0.3, -0.25) is 0 Å². The lowest BCUT2D eigenvalue weighted by Crippen LogP contribution is -2.25. The van der Waals surface area contributed by atoms with Crippen LogP contribution < -0.4 is 0 Å². The number of hydrogen-bond acceptors (Lipinski definition) is 4. The highest BCUT2D eigenvalue weighted by molar-refractivity contribution is 8.09. The zero-order chi connectivity index (χ0) is 23.2. The van der Waals surface area contributed by atoms with Gasteiger partial charge in [0.15, 0.2) is 0 Å². The number of hydrogen-bond donors (Lipinski definition) is 0. The Hall–Kier alpha value is -2.65. The number of aryl methyl sites for hydroxylation is 2. The summed E-state index contributed by atoms with van der Waals surface area (Å²) in [7, 11) is -9.77. The maximum absolute atomic E-state index is 13.4. The van der Waals surface area contributed by atoms with Crippen molar-refractivity contribution < 1.29 is 30.0 Å². The van der Waals surface area contributed by atoms with E-state index in [1.54, 1.807) is 38.1 Å². The molecule has 0 saturated heterocycles. The van der Waals surface area contributed by atoms with Crippen molar-refractivity contribution >= 4 is 29.5 Å². The SMILES string of the molecule is CC(=C1C=C(c2ccc(C)cc2)S(=O)(=O)C(c2ccc(C)cc2)=C1)S(=O)(=O)C(F)(F)F. The number of sulfone groups is 2. The van der Waals surface area contributed by atoms with Gasteiger partial charge in [0, 0.05) is 0 Å². The standard InChI is InChI=1S/C22H19F3O4S2/c1-14-4-8-17(9-5-14)20-12-19(16(3)31(28,29)22(23,24)25)13-21(30(20,26)27)18-10-6-15(2)7-11-18/h4-13H,1-3H3. The number of allylic oxidation sites excluding steroid dienone is 4. The molecule has 0 N–H and O–H groups in total. The predicted octanol–water partition coefficient (Wildman–Crippen LogP) is 5.32. The third-order valence-corrected chi connectivity index (χ3v) is 8.46. The zero-order valence-corrected chi connectivity index (χ0v) is 18.5. The van der Waals surface area contributed by atoms with E-state index in [1.807, 2.05) is 0 Å². The fourth-order valence-electron chi connectivity index (χ4n) is 3.04. The summed E-state index contributed by atoms with van der Waals surface area (Å²) in [5.74, 6) is 0. The third-order valence-electron chi connectivity index (χ3n) is 4.94. The van der Waals surface area contributed by atoms with Crippen LogP contribution in [0.1, 0.15) is 29.2 Å². The van der Waals surface area contributed by atoms with E-state index in [-0.39, 0.29) is 26.5 Å². The Morgan fingerprint density at radius 3 is 1.45 bits per heavy atom. The summed E-state index contributed by atoms with van der Waals surface area (Å²) >= 11 is 0. The lowest BCUT2D eigenvalue weighted by molar-refractivity contribution is -0.0426. The van der Waals surface area contributed by atoms with Crippen molar-refractivity contribution in [3.05, 3.63) is 93.4 Å². The van der Waals surface area contributed by atoms with Gasteiger partial charge < -0.3 is 0 Å². The Kier molecular flexibility index (Phi) is 5.79. The van der Waals surface area contributed by atoms with E-state index in [0.717, 1.165) is 30.2 Å². The first kappa shape index (κ1) is 23.0. The van der Waals surface area contributed by atoms with E-state index < -0.39 is 30.1 Å². The van der Waals surface area contributed by atoms with Crippen LogP contribution in [-0.2, 0) is 19.7 Å². The Bertz CT molecular complexity index is 1260. The van der Waals surface area contributed by atoms with Gasteiger partial charge in [0.25, 0.3) is 9.84 Å². The third kappa shape index (κ3) is 4.24. The monoisotopic (exact) mass is 468 g/mol. The van der Waals surface area contributed by atoms with Gasteiger partial charge in [-0.15, -0.1) is 0 Å². The molecule has 0 aliphatic carbocycles. The Morgan fingerprint density at radius 2 is 1.13 bits per heavy atom. The average Bonchev–Trinajstić information content (AvgIpc) is 2.68. The van der Waals surface area contributed by atoms with Gasteiger partial charge >= 0.3 is 5.51 Å². The van der Waals surface area contributed by atoms with Crippen LogP contribution in [0.4, 0.5) is 13.2 Å². The molecule has 3 rings (SSSR count). The molecule has 1 heterocycles. The first-order valence-electron chi connectivity index (χ1n) is 9.10. The molecule has 0 spiro atoms. The molecular weight excluding hydrogens is 449 g/mol. The van der Waals surface area contributed by atoms with Crippen LogP contribution in [0.2, 0.25) is 0 Å². The van der Waals surface area contributed by atoms with Crippen molar-refractivity contribution in [2.75, 3.05) is 0 Å². The lowest BCUT2D eigenvalue weighted by atomic mass is 10.1. The normalized spacial score (nSPS) is 16.5. The van der Waals surface area contributed by atoms with Crippen LogP contribution in [-0.4, -0.2) is 22.3 Å². The van der Waals surface area contributed by atoms with Crippen molar-refractivity contribution in [2.24, 2.45) is 0 Å². The second-order valence-corrected chi connectivity index (χ2v) is 11.2. The Labute approximate surface area is 179 Å². The van der Waals surface area contributed by atoms with Gasteiger partial charge in [0.2, 0.25) is 9.84 Å². The van der Waals surface area contributed by atoms with E-state index in [9.17, 15) is 30.0 Å². The van der Waals surface area contributed by atoms with Crippen LogP contribution in [0.25, 0.3) is 9.81 Å². The molecule has 4 nitrogen and oxygen atoms in total. The molecular formula is C22H19F3O4S2. The van der Waals surface area contributed by atoms with Gasteiger partial charge in [0.1, 0.15) is 0 Å². The van der Waals surface area contributed by atoms with E-state index in [2.05, 4.69) is 0 Å². The van der Waals surface area contributed by atoms with E-state index in [1.165, 1.54) is 24.3 Å². The summed E-state index contributed by atoms with van der Waals surface area (Å²) in [6.07, 6.45) is 1.96. The maximum Gasteiger partial charge on any atom is 0.501 e. The van der Waals surface area contributed by atoms with Crippen LogP contribution in [0.15, 0.2) is 71.2 Å². The molecule has 0 saturated carbocycles. The summed E-state index contributed by atoms with van der Waals surface area (Å²) in [4.78, 5) is -1.50. The minimum absolute atomic E-state index is 0.248. The van der Waals surface area contributed by atoms with Crippen molar-refractivity contribution in [3.8, 4) is 0 Å². The van der Waals surface area contributed by atoms with Crippen molar-refractivity contribution in [2.45, 2.75) is 26.3 Å². The van der Waals surface area contributed by atoms with Crippen LogP contribution in [0.3, 0.4) is 0 Å². The molecule has 164 valence electrons. The summed E-state index contributed by atoms with van der Waals surface area (Å²) in [6.45, 7) is 4.43. The summed E-state index contributed by atoms with van der Waals surface area (Å²) < 4.78 is 90.1. The topological polar surface area (TPSA) is 68.3 Å². The predicted molar refractivity (Wildman–Crippen MR) is 115 cm³/mol. The zero-order valence-electron chi connectivity index (χ0n) is 16.9. The molecule has 0 radical (unpaired) electrons. The molecule has 0 unspecified atom stereocenters. The minimum Gasteiger partial charge on any atom is -0.218 e.